The molecule has 0 fully saturated rings. The fraction of sp³-hybridized carbons (Fsp3) is 0.235. The Morgan fingerprint density at radius 1 is 1.14 bits per heavy atom. The van der Waals surface area contributed by atoms with E-state index in [9.17, 15) is 17.6 Å². The number of sulfonamides is 1. The van der Waals surface area contributed by atoms with Crippen molar-refractivity contribution in [3.05, 3.63) is 57.5 Å². The molecule has 0 spiro atoms. The highest BCUT2D eigenvalue weighted by Crippen LogP contribution is 2.29. The molecule has 0 aliphatic heterocycles. The second kappa shape index (κ2) is 9.76. The van der Waals surface area contributed by atoms with Crippen LogP contribution < -0.4 is 10.0 Å². The Labute approximate surface area is 179 Å². The van der Waals surface area contributed by atoms with E-state index in [1.165, 1.54) is 46.6 Å². The summed E-state index contributed by atoms with van der Waals surface area (Å²) in [5.41, 5.74) is 0.966. The molecule has 154 valence electrons. The van der Waals surface area contributed by atoms with E-state index < -0.39 is 10.0 Å². The standard InChI is InChI=1S/C17H17FN4O3S4/c1-29(24,25)19-9-8-13-6-7-14(27-13)15(23)20-16-21-22-17(28-16)26-10-11-2-4-12(18)5-3-11/h2-7,19H,8-10H2,1H3,(H,20,21,23). The molecule has 7 nitrogen and oxygen atoms in total. The van der Waals surface area contributed by atoms with E-state index in [1.54, 1.807) is 24.3 Å². The quantitative estimate of drug-likeness (QED) is 0.366. The number of carbonyl (C=O) groups excluding carboxylic acids is 1. The van der Waals surface area contributed by atoms with Crippen LogP contribution in [0.3, 0.4) is 0 Å². The largest absolute Gasteiger partial charge is 0.296 e. The number of nitrogens with zero attached hydrogens (tertiary/aromatic N) is 2. The molecule has 0 unspecified atom stereocenters. The third-order valence-corrected chi connectivity index (χ3v) is 7.44. The van der Waals surface area contributed by atoms with Crippen LogP contribution in [0, 0.1) is 5.82 Å². The van der Waals surface area contributed by atoms with Crippen LogP contribution in [0.25, 0.3) is 0 Å². The molecule has 0 saturated heterocycles. The van der Waals surface area contributed by atoms with E-state index in [4.69, 9.17) is 0 Å². The average Bonchev–Trinajstić information content (AvgIpc) is 3.30. The van der Waals surface area contributed by atoms with E-state index >= 15 is 0 Å². The molecule has 2 aromatic heterocycles. The maximum Gasteiger partial charge on any atom is 0.267 e. The highest BCUT2D eigenvalue weighted by molar-refractivity contribution is 8.00. The Morgan fingerprint density at radius 2 is 1.90 bits per heavy atom. The summed E-state index contributed by atoms with van der Waals surface area (Å²) in [5, 5.41) is 11.1. The Morgan fingerprint density at radius 3 is 2.62 bits per heavy atom. The van der Waals surface area contributed by atoms with Crippen LogP contribution in [-0.4, -0.2) is 37.3 Å². The Kier molecular flexibility index (Phi) is 7.35. The molecule has 0 saturated carbocycles. The summed E-state index contributed by atoms with van der Waals surface area (Å²) in [6.45, 7) is 0.283. The van der Waals surface area contributed by atoms with Gasteiger partial charge in [0.2, 0.25) is 15.2 Å². The first kappa shape index (κ1) is 21.8. The fourth-order valence-electron chi connectivity index (χ4n) is 2.20. The molecular weight excluding hydrogens is 455 g/mol. The van der Waals surface area contributed by atoms with Gasteiger partial charge in [-0.05, 0) is 36.2 Å². The molecule has 2 N–H and O–H groups in total. The number of anilines is 1. The minimum atomic E-state index is -3.22. The maximum atomic E-state index is 12.9. The molecule has 29 heavy (non-hydrogen) atoms. The van der Waals surface area contributed by atoms with Crippen molar-refractivity contribution in [1.82, 2.24) is 14.9 Å². The molecule has 0 atom stereocenters. The number of benzene rings is 1. The summed E-state index contributed by atoms with van der Waals surface area (Å²) >= 11 is 4.02. The molecule has 1 amide bonds. The lowest BCUT2D eigenvalue weighted by molar-refractivity contribution is 0.103. The Bertz CT molecular complexity index is 1080. The summed E-state index contributed by atoms with van der Waals surface area (Å²) in [6, 6.07) is 9.74. The summed E-state index contributed by atoms with van der Waals surface area (Å²) in [7, 11) is -3.22. The van der Waals surface area contributed by atoms with Crippen LogP contribution in [0.2, 0.25) is 0 Å². The number of amides is 1. The van der Waals surface area contributed by atoms with Gasteiger partial charge in [0.1, 0.15) is 5.82 Å². The van der Waals surface area contributed by atoms with Crippen LogP contribution in [0.4, 0.5) is 9.52 Å². The molecule has 2 heterocycles. The first-order valence-electron chi connectivity index (χ1n) is 8.34. The SMILES string of the molecule is CS(=O)(=O)NCCc1ccc(C(=O)Nc2nnc(SCc3ccc(F)cc3)s2)s1. The van der Waals surface area contributed by atoms with E-state index in [0.717, 1.165) is 16.7 Å². The van der Waals surface area contributed by atoms with Gasteiger partial charge in [0.15, 0.2) is 4.34 Å². The predicted molar refractivity (Wildman–Crippen MR) is 115 cm³/mol. The van der Waals surface area contributed by atoms with Gasteiger partial charge in [0.25, 0.3) is 5.91 Å². The van der Waals surface area contributed by atoms with Crippen molar-refractivity contribution in [3.8, 4) is 0 Å². The van der Waals surface area contributed by atoms with Gasteiger partial charge in [0.05, 0.1) is 11.1 Å². The van der Waals surface area contributed by atoms with Crippen molar-refractivity contribution < 1.29 is 17.6 Å². The van der Waals surface area contributed by atoms with E-state index in [0.29, 0.717) is 26.5 Å². The highest BCUT2D eigenvalue weighted by Gasteiger charge is 2.13. The molecule has 1 aromatic carbocycles. The number of rotatable bonds is 9. The number of thioether (sulfide) groups is 1. The zero-order valence-corrected chi connectivity index (χ0v) is 18.5. The van der Waals surface area contributed by atoms with Crippen LogP contribution >= 0.6 is 34.4 Å². The minimum absolute atomic E-state index is 0.275. The van der Waals surface area contributed by atoms with Crippen molar-refractivity contribution in [2.45, 2.75) is 16.5 Å². The molecule has 0 radical (unpaired) electrons. The van der Waals surface area contributed by atoms with Crippen LogP contribution in [0.5, 0.6) is 0 Å². The summed E-state index contributed by atoms with van der Waals surface area (Å²) in [4.78, 5) is 13.8. The zero-order chi connectivity index (χ0) is 20.9. The van der Waals surface area contributed by atoms with Crippen molar-refractivity contribution in [2.75, 3.05) is 18.1 Å². The summed E-state index contributed by atoms with van der Waals surface area (Å²) in [6.07, 6.45) is 1.61. The molecule has 3 rings (SSSR count). The lowest BCUT2D eigenvalue weighted by Gasteiger charge is -2.00. The zero-order valence-electron chi connectivity index (χ0n) is 15.2. The third-order valence-electron chi connectivity index (χ3n) is 3.52. The smallest absolute Gasteiger partial charge is 0.267 e. The molecular formula is C17H17FN4O3S4. The number of halogens is 1. The van der Waals surface area contributed by atoms with E-state index in [-0.39, 0.29) is 18.3 Å². The molecule has 3 aromatic rings. The van der Waals surface area contributed by atoms with Crippen LogP contribution in [0.15, 0.2) is 40.7 Å². The van der Waals surface area contributed by atoms with Crippen molar-refractivity contribution >= 4 is 55.5 Å². The molecule has 0 aliphatic carbocycles. The molecule has 0 aliphatic rings. The van der Waals surface area contributed by atoms with Crippen molar-refractivity contribution in [3.63, 3.8) is 0 Å². The predicted octanol–water partition coefficient (Wildman–Crippen LogP) is 3.38. The number of thiophene rings is 1. The monoisotopic (exact) mass is 472 g/mol. The number of carbonyl (C=O) groups is 1. The Hall–Kier alpha value is -1.86. The summed E-state index contributed by atoms with van der Waals surface area (Å²) in [5.74, 6) is 0.0604. The topological polar surface area (TPSA) is 101 Å². The van der Waals surface area contributed by atoms with Gasteiger partial charge in [0, 0.05) is 17.2 Å². The van der Waals surface area contributed by atoms with Gasteiger partial charge >= 0.3 is 0 Å². The van der Waals surface area contributed by atoms with Gasteiger partial charge in [-0.1, -0.05) is 35.2 Å². The van der Waals surface area contributed by atoms with E-state index in [1.807, 2.05) is 0 Å². The van der Waals surface area contributed by atoms with Crippen LogP contribution in [0.1, 0.15) is 20.1 Å². The van der Waals surface area contributed by atoms with Gasteiger partial charge in [-0.2, -0.15) is 0 Å². The van der Waals surface area contributed by atoms with Crippen molar-refractivity contribution in [1.29, 1.82) is 0 Å². The fourth-order valence-corrected chi connectivity index (χ4v) is 5.28. The first-order valence-corrected chi connectivity index (χ1v) is 12.8. The van der Waals surface area contributed by atoms with Gasteiger partial charge < -0.3 is 0 Å². The second-order valence-corrected chi connectivity index (χ2v) is 11.1. The average molecular weight is 473 g/mol. The van der Waals surface area contributed by atoms with Gasteiger partial charge in [-0.25, -0.2) is 17.5 Å². The normalized spacial score (nSPS) is 11.5. The minimum Gasteiger partial charge on any atom is -0.296 e. The number of nitrogens with one attached hydrogen (secondary N) is 2. The number of aromatic nitrogens is 2. The maximum absolute atomic E-state index is 12.9. The first-order chi connectivity index (χ1) is 13.8. The Balaban J connectivity index is 1.50. The highest BCUT2D eigenvalue weighted by atomic mass is 32.2. The van der Waals surface area contributed by atoms with E-state index in [2.05, 4.69) is 20.2 Å². The lowest BCUT2D eigenvalue weighted by atomic mass is 10.2. The number of hydrogen-bond acceptors (Lipinski definition) is 8. The summed E-state index contributed by atoms with van der Waals surface area (Å²) < 4.78 is 38.2. The lowest BCUT2D eigenvalue weighted by Crippen LogP contribution is -2.24. The third kappa shape index (κ3) is 7.16. The number of hydrogen-bond donors (Lipinski definition) is 2. The van der Waals surface area contributed by atoms with Crippen molar-refractivity contribution in [2.24, 2.45) is 0 Å². The second-order valence-electron chi connectivity index (χ2n) is 5.92. The van der Waals surface area contributed by atoms with Crippen LogP contribution in [-0.2, 0) is 22.2 Å². The van der Waals surface area contributed by atoms with Gasteiger partial charge in [-0.3, -0.25) is 10.1 Å². The molecule has 0 bridgehead atoms. The molecule has 12 heteroatoms. The van der Waals surface area contributed by atoms with Gasteiger partial charge in [-0.15, -0.1) is 21.5 Å².